The van der Waals surface area contributed by atoms with Crippen LogP contribution in [0.25, 0.3) is 0 Å². The number of aromatic amines is 1. The predicted octanol–water partition coefficient (Wildman–Crippen LogP) is 0.486. The summed E-state index contributed by atoms with van der Waals surface area (Å²) >= 11 is 0. The number of rotatable bonds is 1. The molecule has 0 aromatic carbocycles. The van der Waals surface area contributed by atoms with Gasteiger partial charge in [0.2, 0.25) is 0 Å². The lowest BCUT2D eigenvalue weighted by Gasteiger charge is -2.21. The largest absolute Gasteiger partial charge is 0.382 e. The summed E-state index contributed by atoms with van der Waals surface area (Å²) in [5.74, 6) is 0. The van der Waals surface area contributed by atoms with Gasteiger partial charge in [-0.2, -0.15) is 5.10 Å². The van der Waals surface area contributed by atoms with Crippen LogP contribution in [-0.4, -0.2) is 23.8 Å². The predicted molar refractivity (Wildman–Crippen MR) is 43.5 cm³/mol. The zero-order valence-corrected chi connectivity index (χ0v) is 6.52. The minimum Gasteiger partial charge on any atom is -0.382 e. The van der Waals surface area contributed by atoms with E-state index in [0.29, 0.717) is 6.04 Å². The molecule has 1 atom stereocenters. The summed E-state index contributed by atoms with van der Waals surface area (Å²) in [6.07, 6.45) is 3.01. The first-order chi connectivity index (χ1) is 5.42. The second-order valence-corrected chi connectivity index (χ2v) is 2.74. The smallest absolute Gasteiger partial charge is 0.102 e. The van der Waals surface area contributed by atoms with Crippen LogP contribution in [0.5, 0.6) is 0 Å². The minimum atomic E-state index is 0.414. The number of anilines is 1. The number of aromatic nitrogens is 2. The Bertz CT molecular complexity index is 242. The molecular weight excluding hydrogens is 140 g/mol. The molecule has 4 nitrogen and oxygen atoms in total. The highest BCUT2D eigenvalue weighted by Crippen LogP contribution is 2.26. The lowest BCUT2D eigenvalue weighted by atomic mass is 10.1. The van der Waals surface area contributed by atoms with E-state index in [1.807, 2.05) is 13.2 Å². The second kappa shape index (κ2) is 2.54. The number of fused-ring (bicyclic) bond motifs is 1. The first-order valence-corrected chi connectivity index (χ1v) is 3.86. The molecule has 1 aromatic rings. The van der Waals surface area contributed by atoms with Crippen molar-refractivity contribution in [3.05, 3.63) is 11.9 Å². The topological polar surface area (TPSA) is 52.7 Å². The van der Waals surface area contributed by atoms with E-state index in [9.17, 15) is 0 Å². The molecule has 11 heavy (non-hydrogen) atoms. The molecule has 4 heteroatoms. The Labute approximate surface area is 65.4 Å². The summed E-state index contributed by atoms with van der Waals surface area (Å²) in [7, 11) is 1.97. The Hall–Kier alpha value is -1.03. The zero-order valence-electron chi connectivity index (χ0n) is 6.52. The van der Waals surface area contributed by atoms with Crippen molar-refractivity contribution in [2.24, 2.45) is 0 Å². The molecule has 1 aliphatic rings. The van der Waals surface area contributed by atoms with E-state index in [1.54, 1.807) is 0 Å². The summed E-state index contributed by atoms with van der Waals surface area (Å²) in [6.45, 7) is 1.03. The van der Waals surface area contributed by atoms with Crippen molar-refractivity contribution in [3.63, 3.8) is 0 Å². The Kier molecular flexibility index (Phi) is 1.54. The van der Waals surface area contributed by atoms with Crippen molar-refractivity contribution >= 4 is 5.69 Å². The lowest BCUT2D eigenvalue weighted by molar-refractivity contribution is 0.536. The molecule has 0 aliphatic carbocycles. The molecule has 1 aliphatic heterocycles. The van der Waals surface area contributed by atoms with Gasteiger partial charge in [-0.3, -0.25) is 5.10 Å². The van der Waals surface area contributed by atoms with Crippen LogP contribution in [-0.2, 0) is 0 Å². The van der Waals surface area contributed by atoms with E-state index < -0.39 is 0 Å². The summed E-state index contributed by atoms with van der Waals surface area (Å²) in [5, 5.41) is 13.5. The van der Waals surface area contributed by atoms with Crippen LogP contribution >= 0.6 is 0 Å². The molecular formula is C7H12N4. The molecule has 1 unspecified atom stereocenters. The molecule has 0 bridgehead atoms. The van der Waals surface area contributed by atoms with E-state index in [-0.39, 0.29) is 0 Å². The quantitative estimate of drug-likeness (QED) is 0.549. The third-order valence-corrected chi connectivity index (χ3v) is 2.10. The van der Waals surface area contributed by atoms with Gasteiger partial charge >= 0.3 is 0 Å². The normalized spacial score (nSPS) is 22.5. The Morgan fingerprint density at radius 1 is 1.73 bits per heavy atom. The highest BCUT2D eigenvalue weighted by Gasteiger charge is 2.20. The lowest BCUT2D eigenvalue weighted by Crippen LogP contribution is -2.25. The highest BCUT2D eigenvalue weighted by atomic mass is 15.2. The van der Waals surface area contributed by atoms with E-state index in [4.69, 9.17) is 0 Å². The van der Waals surface area contributed by atoms with Crippen LogP contribution in [0.3, 0.4) is 0 Å². The fourth-order valence-electron chi connectivity index (χ4n) is 1.48. The highest BCUT2D eigenvalue weighted by molar-refractivity contribution is 5.49. The Morgan fingerprint density at radius 2 is 2.64 bits per heavy atom. The van der Waals surface area contributed by atoms with Crippen molar-refractivity contribution in [2.75, 3.05) is 18.9 Å². The molecule has 1 aromatic heterocycles. The fourth-order valence-corrected chi connectivity index (χ4v) is 1.48. The maximum Gasteiger partial charge on any atom is 0.102 e. The molecule has 3 N–H and O–H groups in total. The standard InChI is InChI=1S/C7H12N4/c1-8-5-2-3-9-6-4-10-11-7(5)6/h4-5,8-9H,2-3H2,1H3,(H,10,11). The summed E-state index contributed by atoms with van der Waals surface area (Å²) in [4.78, 5) is 0. The van der Waals surface area contributed by atoms with Gasteiger partial charge < -0.3 is 10.6 Å². The van der Waals surface area contributed by atoms with E-state index in [0.717, 1.165) is 24.3 Å². The number of nitrogens with zero attached hydrogens (tertiary/aromatic N) is 1. The summed E-state index contributed by atoms with van der Waals surface area (Å²) in [6, 6.07) is 0.414. The average molecular weight is 152 g/mol. The fraction of sp³-hybridized carbons (Fsp3) is 0.571. The van der Waals surface area contributed by atoms with Crippen molar-refractivity contribution in [1.82, 2.24) is 15.5 Å². The van der Waals surface area contributed by atoms with Gasteiger partial charge in [-0.15, -0.1) is 0 Å². The van der Waals surface area contributed by atoms with Crippen LogP contribution in [0.4, 0.5) is 5.69 Å². The molecule has 0 fully saturated rings. The van der Waals surface area contributed by atoms with Gasteiger partial charge in [0.1, 0.15) is 5.69 Å². The van der Waals surface area contributed by atoms with Crippen LogP contribution in [0, 0.1) is 0 Å². The van der Waals surface area contributed by atoms with E-state index in [1.165, 1.54) is 0 Å². The third-order valence-electron chi connectivity index (χ3n) is 2.10. The van der Waals surface area contributed by atoms with Crippen LogP contribution < -0.4 is 10.6 Å². The van der Waals surface area contributed by atoms with Crippen LogP contribution in [0.2, 0.25) is 0 Å². The van der Waals surface area contributed by atoms with Gasteiger partial charge in [0.15, 0.2) is 0 Å². The van der Waals surface area contributed by atoms with Gasteiger partial charge in [0.05, 0.1) is 11.7 Å². The van der Waals surface area contributed by atoms with Gasteiger partial charge in [-0.1, -0.05) is 0 Å². The first kappa shape index (κ1) is 6.67. The van der Waals surface area contributed by atoms with Gasteiger partial charge in [0.25, 0.3) is 0 Å². The molecule has 2 rings (SSSR count). The molecule has 0 saturated carbocycles. The van der Waals surface area contributed by atoms with Gasteiger partial charge in [-0.05, 0) is 13.5 Å². The van der Waals surface area contributed by atoms with Crippen molar-refractivity contribution in [2.45, 2.75) is 12.5 Å². The summed E-state index contributed by atoms with van der Waals surface area (Å²) < 4.78 is 0. The Balaban J connectivity index is 2.32. The van der Waals surface area contributed by atoms with Crippen molar-refractivity contribution in [1.29, 1.82) is 0 Å². The van der Waals surface area contributed by atoms with Crippen LogP contribution in [0.15, 0.2) is 6.20 Å². The van der Waals surface area contributed by atoms with Crippen molar-refractivity contribution < 1.29 is 0 Å². The van der Waals surface area contributed by atoms with Gasteiger partial charge in [-0.25, -0.2) is 0 Å². The maximum atomic E-state index is 4.16. The first-order valence-electron chi connectivity index (χ1n) is 3.86. The molecule has 0 spiro atoms. The number of H-pyrrole nitrogens is 1. The third kappa shape index (κ3) is 0.991. The maximum absolute atomic E-state index is 4.16. The number of nitrogens with one attached hydrogen (secondary N) is 3. The zero-order chi connectivity index (χ0) is 7.68. The summed E-state index contributed by atoms with van der Waals surface area (Å²) in [5.41, 5.74) is 2.24. The van der Waals surface area contributed by atoms with E-state index in [2.05, 4.69) is 20.8 Å². The SMILES string of the molecule is CNC1CCNc2c[nH]nc21. The Morgan fingerprint density at radius 3 is 3.45 bits per heavy atom. The molecule has 2 heterocycles. The molecule has 0 radical (unpaired) electrons. The minimum absolute atomic E-state index is 0.414. The van der Waals surface area contributed by atoms with Gasteiger partial charge in [0, 0.05) is 12.7 Å². The monoisotopic (exact) mass is 152 g/mol. The second-order valence-electron chi connectivity index (χ2n) is 2.74. The number of hydrogen-bond acceptors (Lipinski definition) is 3. The molecule has 60 valence electrons. The molecule has 0 amide bonds. The van der Waals surface area contributed by atoms with E-state index >= 15 is 0 Å². The number of hydrogen-bond donors (Lipinski definition) is 3. The average Bonchev–Trinajstić information content (AvgIpc) is 2.50. The van der Waals surface area contributed by atoms with Crippen molar-refractivity contribution in [3.8, 4) is 0 Å². The van der Waals surface area contributed by atoms with Crippen LogP contribution in [0.1, 0.15) is 18.2 Å². The molecule has 0 saturated heterocycles.